The largest absolute Gasteiger partial charge is 0.335 e. The molecule has 0 aromatic rings. The predicted molar refractivity (Wildman–Crippen MR) is 88.2 cm³/mol. The van der Waals surface area contributed by atoms with Crippen molar-refractivity contribution in [3.63, 3.8) is 0 Å². The summed E-state index contributed by atoms with van der Waals surface area (Å²) in [7, 11) is 0. The molecule has 2 heterocycles. The first-order valence-electron chi connectivity index (χ1n) is 8.34. The van der Waals surface area contributed by atoms with Crippen molar-refractivity contribution < 1.29 is 4.79 Å². The van der Waals surface area contributed by atoms with E-state index in [2.05, 4.69) is 63.9 Å². The van der Waals surface area contributed by atoms with E-state index in [0.29, 0.717) is 18.0 Å². The fourth-order valence-corrected chi connectivity index (χ4v) is 3.71. The summed E-state index contributed by atoms with van der Waals surface area (Å²) in [6.45, 7) is 13.2. The van der Waals surface area contributed by atoms with Gasteiger partial charge in [0, 0.05) is 17.6 Å². The fourth-order valence-electron chi connectivity index (χ4n) is 3.71. The summed E-state index contributed by atoms with van der Waals surface area (Å²) in [5.74, 6) is 0.303. The van der Waals surface area contributed by atoms with Gasteiger partial charge in [-0.25, -0.2) is 0 Å². The number of hydrogen-bond donors (Lipinski definition) is 1. The van der Waals surface area contributed by atoms with E-state index in [1.165, 1.54) is 0 Å². The Morgan fingerprint density at radius 2 is 1.67 bits per heavy atom. The molecule has 3 nitrogen and oxygen atoms in total. The van der Waals surface area contributed by atoms with Crippen LogP contribution in [0.2, 0.25) is 0 Å². The summed E-state index contributed by atoms with van der Waals surface area (Å²) in [6, 6.07) is 0.667. The molecule has 0 aliphatic carbocycles. The van der Waals surface area contributed by atoms with Crippen LogP contribution in [0.1, 0.15) is 67.2 Å². The molecule has 0 unspecified atom stereocenters. The minimum Gasteiger partial charge on any atom is -0.335 e. The van der Waals surface area contributed by atoms with Gasteiger partial charge in [-0.2, -0.15) is 0 Å². The van der Waals surface area contributed by atoms with Crippen molar-refractivity contribution in [2.45, 2.75) is 90.9 Å². The lowest BCUT2D eigenvalue weighted by Gasteiger charge is -2.41. The predicted octanol–water partition coefficient (Wildman–Crippen LogP) is 3.50. The minimum absolute atomic E-state index is 0.0419. The number of carbonyl (C=O) groups is 1. The molecule has 120 valence electrons. The number of carbonyl (C=O) groups excluding carboxylic acids is 1. The average Bonchev–Trinajstić information content (AvgIpc) is 2.72. The molecule has 0 saturated carbocycles. The molecule has 1 amide bonds. The van der Waals surface area contributed by atoms with Crippen LogP contribution >= 0.6 is 0 Å². The molecule has 1 saturated heterocycles. The highest BCUT2D eigenvalue weighted by Gasteiger charge is 2.44. The van der Waals surface area contributed by atoms with E-state index in [9.17, 15) is 4.79 Å². The highest BCUT2D eigenvalue weighted by atomic mass is 16.2. The van der Waals surface area contributed by atoms with E-state index >= 15 is 0 Å². The zero-order valence-electron chi connectivity index (χ0n) is 14.6. The van der Waals surface area contributed by atoms with Gasteiger partial charge in [0.2, 0.25) is 5.91 Å². The smallest absolute Gasteiger partial charge is 0.240 e. The second-order valence-corrected chi connectivity index (χ2v) is 8.75. The molecule has 0 spiro atoms. The number of fused-ring (bicyclic) bond motifs is 1. The Morgan fingerprint density at radius 3 is 2.24 bits per heavy atom. The van der Waals surface area contributed by atoms with Crippen molar-refractivity contribution in [2.24, 2.45) is 5.41 Å². The van der Waals surface area contributed by atoms with Gasteiger partial charge in [-0.3, -0.25) is 4.79 Å². The van der Waals surface area contributed by atoms with Crippen LogP contribution in [0.15, 0.2) is 12.2 Å². The van der Waals surface area contributed by atoms with Crippen LogP contribution in [-0.4, -0.2) is 34.5 Å². The van der Waals surface area contributed by atoms with E-state index < -0.39 is 0 Å². The summed E-state index contributed by atoms with van der Waals surface area (Å²) in [4.78, 5) is 15.4. The van der Waals surface area contributed by atoms with Gasteiger partial charge in [-0.15, -0.1) is 0 Å². The van der Waals surface area contributed by atoms with E-state index in [1.807, 2.05) is 0 Å². The van der Waals surface area contributed by atoms with Crippen LogP contribution in [0.3, 0.4) is 0 Å². The van der Waals surface area contributed by atoms with Crippen molar-refractivity contribution in [2.75, 3.05) is 0 Å². The monoisotopic (exact) mass is 292 g/mol. The topological polar surface area (TPSA) is 32.3 Å². The summed E-state index contributed by atoms with van der Waals surface area (Å²) < 4.78 is 0. The second kappa shape index (κ2) is 5.75. The van der Waals surface area contributed by atoms with Crippen molar-refractivity contribution in [1.82, 2.24) is 10.2 Å². The lowest BCUT2D eigenvalue weighted by Crippen LogP contribution is -2.57. The van der Waals surface area contributed by atoms with Crippen LogP contribution in [0, 0.1) is 5.41 Å². The Hall–Kier alpha value is -0.830. The molecule has 2 aliphatic rings. The van der Waals surface area contributed by atoms with E-state index in [0.717, 1.165) is 25.7 Å². The lowest BCUT2D eigenvalue weighted by molar-refractivity contribution is -0.139. The normalized spacial score (nSPS) is 32.6. The molecule has 0 bridgehead atoms. The summed E-state index contributed by atoms with van der Waals surface area (Å²) in [6.07, 6.45) is 8.54. The van der Waals surface area contributed by atoms with Crippen LogP contribution in [0.4, 0.5) is 0 Å². The van der Waals surface area contributed by atoms with Gasteiger partial charge >= 0.3 is 0 Å². The standard InChI is InChI=1S/C18H32N2O/c1-17(2,3)15-12-11-13-9-7-8-10-14(16(21)20(13)15)19-18(4,5)6/h7-8,13-15,19H,9-12H2,1-6H3/b8-7-/t13-,14-,15-/m0/s1. The highest BCUT2D eigenvalue weighted by Crippen LogP contribution is 2.38. The summed E-state index contributed by atoms with van der Waals surface area (Å²) in [5.41, 5.74) is 0.111. The zero-order chi connectivity index (χ0) is 15.8. The molecule has 1 fully saturated rings. The fraction of sp³-hybridized carbons (Fsp3) is 0.833. The molecule has 2 aliphatic heterocycles. The number of rotatable bonds is 1. The molecule has 1 N–H and O–H groups in total. The zero-order valence-corrected chi connectivity index (χ0v) is 14.6. The molecule has 3 heteroatoms. The highest BCUT2D eigenvalue weighted by molar-refractivity contribution is 5.83. The Balaban J connectivity index is 2.26. The lowest BCUT2D eigenvalue weighted by atomic mass is 9.85. The SMILES string of the molecule is CC(C)(C)N[C@H]1C/C=C\C[C@H]2CC[C@@H](C(C)(C)C)N2C1=O. The van der Waals surface area contributed by atoms with Crippen molar-refractivity contribution >= 4 is 5.91 Å². The van der Waals surface area contributed by atoms with E-state index in [1.54, 1.807) is 0 Å². The van der Waals surface area contributed by atoms with Crippen LogP contribution in [0.5, 0.6) is 0 Å². The summed E-state index contributed by atoms with van der Waals surface area (Å²) >= 11 is 0. The number of hydrogen-bond acceptors (Lipinski definition) is 2. The van der Waals surface area contributed by atoms with Crippen LogP contribution < -0.4 is 5.32 Å². The maximum absolute atomic E-state index is 13.1. The van der Waals surface area contributed by atoms with Crippen molar-refractivity contribution in [3.8, 4) is 0 Å². The van der Waals surface area contributed by atoms with Crippen LogP contribution in [-0.2, 0) is 4.79 Å². The quantitative estimate of drug-likeness (QED) is 0.750. The molecule has 21 heavy (non-hydrogen) atoms. The first-order chi connectivity index (χ1) is 9.59. The van der Waals surface area contributed by atoms with Gasteiger partial charge in [0.15, 0.2) is 0 Å². The molecule has 2 rings (SSSR count). The number of nitrogens with one attached hydrogen (secondary N) is 1. The third-order valence-electron chi connectivity index (χ3n) is 4.61. The maximum atomic E-state index is 13.1. The Labute approximate surface area is 130 Å². The van der Waals surface area contributed by atoms with Crippen molar-refractivity contribution in [3.05, 3.63) is 12.2 Å². The molecular formula is C18H32N2O. The Bertz CT molecular complexity index is 414. The maximum Gasteiger partial charge on any atom is 0.240 e. The molecule has 3 atom stereocenters. The number of amides is 1. The van der Waals surface area contributed by atoms with E-state index in [4.69, 9.17) is 0 Å². The molecular weight excluding hydrogens is 260 g/mol. The van der Waals surface area contributed by atoms with Gasteiger partial charge in [-0.05, 0) is 51.9 Å². The van der Waals surface area contributed by atoms with Gasteiger partial charge in [0.1, 0.15) is 0 Å². The first kappa shape index (κ1) is 16.5. The molecule has 0 radical (unpaired) electrons. The Morgan fingerprint density at radius 1 is 1.05 bits per heavy atom. The molecule has 0 aromatic heterocycles. The first-order valence-corrected chi connectivity index (χ1v) is 8.34. The van der Waals surface area contributed by atoms with Gasteiger partial charge in [0.25, 0.3) is 0 Å². The summed E-state index contributed by atoms with van der Waals surface area (Å²) in [5, 5.41) is 3.52. The van der Waals surface area contributed by atoms with Gasteiger partial charge in [-0.1, -0.05) is 32.9 Å². The third kappa shape index (κ3) is 3.88. The van der Waals surface area contributed by atoms with Gasteiger partial charge in [0.05, 0.1) is 6.04 Å². The molecule has 0 aromatic carbocycles. The Kier molecular flexibility index (Phi) is 4.53. The van der Waals surface area contributed by atoms with Crippen molar-refractivity contribution in [1.29, 1.82) is 0 Å². The third-order valence-corrected chi connectivity index (χ3v) is 4.61. The van der Waals surface area contributed by atoms with E-state index in [-0.39, 0.29) is 17.0 Å². The van der Waals surface area contributed by atoms with Crippen LogP contribution in [0.25, 0.3) is 0 Å². The van der Waals surface area contributed by atoms with Gasteiger partial charge < -0.3 is 10.2 Å². The average molecular weight is 292 g/mol. The minimum atomic E-state index is -0.0907. The second-order valence-electron chi connectivity index (χ2n) is 8.75. The number of nitrogens with zero attached hydrogens (tertiary/aromatic N) is 1.